The molecule has 25 heavy (non-hydrogen) atoms. The van der Waals surface area contributed by atoms with Crippen molar-refractivity contribution in [2.45, 2.75) is 25.8 Å². The molecular formula is C18H21N5O2. The van der Waals surface area contributed by atoms with Crippen LogP contribution in [0.4, 0.5) is 5.95 Å². The first-order valence-corrected chi connectivity index (χ1v) is 8.42. The summed E-state index contributed by atoms with van der Waals surface area (Å²) in [5, 5.41) is 7.87. The zero-order valence-electron chi connectivity index (χ0n) is 14.4. The first-order valence-electron chi connectivity index (χ1n) is 8.42. The van der Waals surface area contributed by atoms with Crippen molar-refractivity contribution in [2.75, 3.05) is 25.6 Å². The predicted octanol–water partition coefficient (Wildman–Crippen LogP) is 2.56. The van der Waals surface area contributed by atoms with Gasteiger partial charge in [-0.05, 0) is 37.1 Å². The number of hydrogen-bond acceptors (Lipinski definition) is 6. The molecule has 0 aliphatic carbocycles. The molecule has 1 aliphatic rings. The highest BCUT2D eigenvalue weighted by atomic mass is 16.5. The molecule has 0 radical (unpaired) electrons. The minimum atomic E-state index is 0.348. The Balaban J connectivity index is 1.56. The minimum Gasteiger partial charge on any atom is -0.497 e. The Morgan fingerprint density at radius 1 is 1.28 bits per heavy atom. The van der Waals surface area contributed by atoms with Crippen LogP contribution in [0.3, 0.4) is 0 Å². The highest BCUT2D eigenvalue weighted by Gasteiger charge is 2.22. The van der Waals surface area contributed by atoms with Gasteiger partial charge in [-0.2, -0.15) is 9.50 Å². The molecule has 3 heterocycles. The molecule has 0 amide bonds. The molecule has 7 nitrogen and oxygen atoms in total. The summed E-state index contributed by atoms with van der Waals surface area (Å²) in [5.41, 5.74) is 3.20. The largest absolute Gasteiger partial charge is 0.497 e. The summed E-state index contributed by atoms with van der Waals surface area (Å²) in [6.45, 7) is 4.15. The van der Waals surface area contributed by atoms with Gasteiger partial charge in [0.25, 0.3) is 5.78 Å². The molecule has 2 aromatic heterocycles. The number of anilines is 1. The lowest BCUT2D eigenvalue weighted by Crippen LogP contribution is -2.08. The van der Waals surface area contributed by atoms with Gasteiger partial charge in [0.1, 0.15) is 5.75 Å². The van der Waals surface area contributed by atoms with E-state index in [1.54, 1.807) is 7.11 Å². The molecule has 0 spiro atoms. The van der Waals surface area contributed by atoms with Gasteiger partial charge in [-0.15, -0.1) is 5.10 Å². The monoisotopic (exact) mass is 339 g/mol. The van der Waals surface area contributed by atoms with Gasteiger partial charge in [0.05, 0.1) is 19.4 Å². The van der Waals surface area contributed by atoms with Gasteiger partial charge in [-0.3, -0.25) is 0 Å². The standard InChI is InChI=1S/C18H21N5O2/c1-12-9-16(14-7-8-25-11-14)23-18(20-12)21-17(22-23)19-10-13-3-5-15(24-2)6-4-13/h3-6,9,14H,7-8,10-11H2,1-2H3,(H,19,22). The molecule has 130 valence electrons. The summed E-state index contributed by atoms with van der Waals surface area (Å²) < 4.78 is 12.5. The van der Waals surface area contributed by atoms with Crippen molar-refractivity contribution in [3.05, 3.63) is 47.3 Å². The second-order valence-electron chi connectivity index (χ2n) is 6.23. The molecule has 1 N–H and O–H groups in total. The Kier molecular flexibility index (Phi) is 4.23. The Labute approximate surface area is 146 Å². The maximum Gasteiger partial charge on any atom is 0.254 e. The van der Waals surface area contributed by atoms with E-state index in [0.717, 1.165) is 42.3 Å². The Hall–Kier alpha value is -2.67. The van der Waals surface area contributed by atoms with E-state index in [2.05, 4.69) is 26.4 Å². The van der Waals surface area contributed by atoms with Crippen LogP contribution in [0, 0.1) is 6.92 Å². The molecule has 1 saturated heterocycles. The summed E-state index contributed by atoms with van der Waals surface area (Å²) in [6, 6.07) is 10.00. The van der Waals surface area contributed by atoms with Crippen molar-refractivity contribution >= 4 is 11.7 Å². The number of methoxy groups -OCH3 is 1. The first-order chi connectivity index (χ1) is 12.2. The zero-order valence-corrected chi connectivity index (χ0v) is 14.4. The Morgan fingerprint density at radius 3 is 2.84 bits per heavy atom. The highest BCUT2D eigenvalue weighted by molar-refractivity contribution is 5.40. The molecule has 1 unspecified atom stereocenters. The summed E-state index contributed by atoms with van der Waals surface area (Å²) in [7, 11) is 1.66. The summed E-state index contributed by atoms with van der Waals surface area (Å²) >= 11 is 0. The van der Waals surface area contributed by atoms with Crippen LogP contribution >= 0.6 is 0 Å². The molecule has 4 rings (SSSR count). The van der Waals surface area contributed by atoms with Gasteiger partial charge in [0, 0.05) is 24.8 Å². The lowest BCUT2D eigenvalue weighted by atomic mass is 10.0. The highest BCUT2D eigenvalue weighted by Crippen LogP contribution is 2.26. The van der Waals surface area contributed by atoms with Crippen molar-refractivity contribution in [3.63, 3.8) is 0 Å². The molecule has 1 aliphatic heterocycles. The van der Waals surface area contributed by atoms with Gasteiger partial charge < -0.3 is 14.8 Å². The smallest absolute Gasteiger partial charge is 0.254 e. The molecule has 0 saturated carbocycles. The third-order valence-electron chi connectivity index (χ3n) is 4.43. The van der Waals surface area contributed by atoms with E-state index in [0.29, 0.717) is 24.2 Å². The van der Waals surface area contributed by atoms with E-state index in [4.69, 9.17) is 9.47 Å². The van der Waals surface area contributed by atoms with Crippen LogP contribution in [0.5, 0.6) is 5.75 Å². The number of hydrogen-bond donors (Lipinski definition) is 1. The molecule has 7 heteroatoms. The van der Waals surface area contributed by atoms with Crippen molar-refractivity contribution < 1.29 is 9.47 Å². The molecule has 1 atom stereocenters. The van der Waals surface area contributed by atoms with Crippen LogP contribution in [0.1, 0.15) is 29.3 Å². The Bertz CT molecular complexity index is 869. The number of aromatic nitrogens is 4. The average Bonchev–Trinajstić information content (AvgIpc) is 3.29. The maximum atomic E-state index is 5.52. The topological polar surface area (TPSA) is 73.6 Å². The van der Waals surface area contributed by atoms with E-state index in [-0.39, 0.29) is 0 Å². The molecule has 1 aromatic carbocycles. The second-order valence-corrected chi connectivity index (χ2v) is 6.23. The molecule has 1 fully saturated rings. The Morgan fingerprint density at radius 2 is 2.12 bits per heavy atom. The van der Waals surface area contributed by atoms with Crippen LogP contribution in [0.2, 0.25) is 0 Å². The van der Waals surface area contributed by atoms with Gasteiger partial charge >= 0.3 is 0 Å². The third-order valence-corrected chi connectivity index (χ3v) is 4.43. The van der Waals surface area contributed by atoms with Crippen LogP contribution in [0.15, 0.2) is 30.3 Å². The van der Waals surface area contributed by atoms with Crippen LogP contribution in [0.25, 0.3) is 5.78 Å². The van der Waals surface area contributed by atoms with Crippen molar-refractivity contribution in [2.24, 2.45) is 0 Å². The summed E-state index contributed by atoms with van der Waals surface area (Å²) in [5.74, 6) is 2.39. The number of aryl methyl sites for hydroxylation is 1. The number of rotatable bonds is 5. The predicted molar refractivity (Wildman–Crippen MR) is 94.0 cm³/mol. The first kappa shape index (κ1) is 15.8. The van der Waals surface area contributed by atoms with E-state index in [1.165, 1.54) is 0 Å². The fourth-order valence-corrected chi connectivity index (χ4v) is 3.07. The number of nitrogens with one attached hydrogen (secondary N) is 1. The summed E-state index contributed by atoms with van der Waals surface area (Å²) in [4.78, 5) is 9.02. The van der Waals surface area contributed by atoms with Gasteiger partial charge in [0.15, 0.2) is 0 Å². The van der Waals surface area contributed by atoms with Gasteiger partial charge in [-0.25, -0.2) is 4.98 Å². The van der Waals surface area contributed by atoms with Crippen molar-refractivity contribution in [1.29, 1.82) is 0 Å². The number of benzene rings is 1. The quantitative estimate of drug-likeness (QED) is 0.770. The summed E-state index contributed by atoms with van der Waals surface area (Å²) in [6.07, 6.45) is 1.01. The normalized spacial score (nSPS) is 17.1. The minimum absolute atomic E-state index is 0.348. The zero-order chi connectivity index (χ0) is 17.2. The fraction of sp³-hybridized carbons (Fsp3) is 0.389. The van der Waals surface area contributed by atoms with Crippen LogP contribution in [-0.2, 0) is 11.3 Å². The number of nitrogens with zero attached hydrogens (tertiary/aromatic N) is 4. The third kappa shape index (κ3) is 3.28. The van der Waals surface area contributed by atoms with Crippen molar-refractivity contribution in [1.82, 2.24) is 19.6 Å². The molecule has 3 aromatic rings. The van der Waals surface area contributed by atoms with Crippen LogP contribution in [-0.4, -0.2) is 39.9 Å². The van der Waals surface area contributed by atoms with Gasteiger partial charge in [-0.1, -0.05) is 12.1 Å². The molecular weight excluding hydrogens is 318 g/mol. The number of fused-ring (bicyclic) bond motifs is 1. The fourth-order valence-electron chi connectivity index (χ4n) is 3.07. The maximum absolute atomic E-state index is 5.52. The lowest BCUT2D eigenvalue weighted by molar-refractivity contribution is 0.193. The second kappa shape index (κ2) is 6.68. The molecule has 0 bridgehead atoms. The van der Waals surface area contributed by atoms with E-state index in [9.17, 15) is 0 Å². The van der Waals surface area contributed by atoms with E-state index < -0.39 is 0 Å². The van der Waals surface area contributed by atoms with Crippen LogP contribution < -0.4 is 10.1 Å². The van der Waals surface area contributed by atoms with Crippen molar-refractivity contribution in [3.8, 4) is 5.75 Å². The van der Waals surface area contributed by atoms with E-state index >= 15 is 0 Å². The van der Waals surface area contributed by atoms with Gasteiger partial charge in [0.2, 0.25) is 5.95 Å². The average molecular weight is 339 g/mol. The number of ether oxygens (including phenoxy) is 2. The van der Waals surface area contributed by atoms with E-state index in [1.807, 2.05) is 35.7 Å². The lowest BCUT2D eigenvalue weighted by Gasteiger charge is -2.10. The SMILES string of the molecule is COc1ccc(CNc2nc3nc(C)cc(C4CCOC4)n3n2)cc1.